The number of amides is 2. The second kappa shape index (κ2) is 20.8. The molecular weight excluding hydrogens is 652 g/mol. The van der Waals surface area contributed by atoms with Gasteiger partial charge >= 0.3 is 30.1 Å². The zero-order valence-electron chi connectivity index (χ0n) is 29.1. The van der Waals surface area contributed by atoms with E-state index in [1.54, 1.807) is 26.0 Å². The molecule has 1 aromatic rings. The van der Waals surface area contributed by atoms with Crippen molar-refractivity contribution in [2.24, 2.45) is 11.8 Å². The summed E-state index contributed by atoms with van der Waals surface area (Å²) >= 11 is 0. The fourth-order valence-corrected chi connectivity index (χ4v) is 6.15. The zero-order chi connectivity index (χ0) is 36.5. The second-order valence-electron chi connectivity index (χ2n) is 13.0. The lowest BCUT2D eigenvalue weighted by atomic mass is 9.76. The molecule has 2 saturated carbocycles. The minimum atomic E-state index is -0.780. The molecule has 3 rings (SSSR count). The van der Waals surface area contributed by atoms with E-state index in [4.69, 9.17) is 23.7 Å². The first-order chi connectivity index (χ1) is 23.9. The average Bonchev–Trinajstić information content (AvgIpc) is 3.09. The summed E-state index contributed by atoms with van der Waals surface area (Å²) in [7, 11) is 0. The highest BCUT2D eigenvalue weighted by Crippen LogP contribution is 2.35. The van der Waals surface area contributed by atoms with Crippen LogP contribution in [0.2, 0.25) is 0 Å². The molecular formula is C36H50N2O12. The topological polar surface area (TPSA) is 182 Å². The molecule has 1 aromatic carbocycles. The van der Waals surface area contributed by atoms with E-state index in [0.29, 0.717) is 18.3 Å². The third-order valence-electron chi connectivity index (χ3n) is 8.73. The third kappa shape index (κ3) is 14.1. The van der Waals surface area contributed by atoms with Gasteiger partial charge in [-0.15, -0.1) is 0 Å². The number of carbonyl (C=O) groups is 6. The fraction of sp³-hybridized carbons (Fsp3) is 0.611. The van der Waals surface area contributed by atoms with Gasteiger partial charge in [-0.2, -0.15) is 0 Å². The summed E-state index contributed by atoms with van der Waals surface area (Å²) in [5, 5.41) is 5.84. The molecule has 276 valence electrons. The smallest absolute Gasteiger partial charge is 0.407 e. The minimum absolute atomic E-state index is 0.000904. The number of rotatable bonds is 17. The average molecular weight is 703 g/mol. The highest BCUT2D eigenvalue weighted by Gasteiger charge is 2.29. The molecule has 2 unspecified atom stereocenters. The number of ether oxygens (including phenoxy) is 6. The molecule has 14 nitrogen and oxygen atoms in total. The van der Waals surface area contributed by atoms with Crippen LogP contribution in [0.1, 0.15) is 99.3 Å². The molecule has 14 heteroatoms. The Bertz CT molecular complexity index is 1320. The van der Waals surface area contributed by atoms with Crippen LogP contribution in [0.4, 0.5) is 9.59 Å². The summed E-state index contributed by atoms with van der Waals surface area (Å²) < 4.78 is 30.6. The van der Waals surface area contributed by atoms with E-state index in [2.05, 4.69) is 21.9 Å². The largest absolute Gasteiger partial charge is 0.464 e. The van der Waals surface area contributed by atoms with E-state index >= 15 is 0 Å². The molecule has 0 aliphatic heterocycles. The second-order valence-corrected chi connectivity index (χ2v) is 13.0. The van der Waals surface area contributed by atoms with Gasteiger partial charge in [-0.25, -0.2) is 24.0 Å². The van der Waals surface area contributed by atoms with Crippen LogP contribution in [-0.2, 0) is 38.0 Å². The van der Waals surface area contributed by atoms with Gasteiger partial charge in [0.1, 0.15) is 38.6 Å². The standard InChI is InChI=1S/C36H50N2O12/c1-23(2)32(40)46-17-18-47-33(41)30-7-5-6-8-31(30)34(42)48-21-25(4)50-36(44)38-29-15-11-27(12-16-29)19-26-9-13-28(14-10-26)37-35(43)49-24(3)20-45-22-39/h5-8,22,24-29H,1,9-21H2,2-4H3,(H,37,43)(H,38,44). The molecule has 0 saturated heterocycles. The summed E-state index contributed by atoms with van der Waals surface area (Å²) in [6.07, 6.45) is 6.38. The zero-order valence-corrected chi connectivity index (χ0v) is 29.1. The fourth-order valence-electron chi connectivity index (χ4n) is 6.15. The number of nitrogens with one attached hydrogen (secondary N) is 2. The minimum Gasteiger partial charge on any atom is -0.464 e. The van der Waals surface area contributed by atoms with Crippen LogP contribution < -0.4 is 10.6 Å². The Morgan fingerprint density at radius 2 is 1.20 bits per heavy atom. The van der Waals surface area contributed by atoms with Gasteiger partial charge in [0, 0.05) is 17.7 Å². The highest BCUT2D eigenvalue weighted by molar-refractivity contribution is 6.03. The van der Waals surface area contributed by atoms with Crippen molar-refractivity contribution in [3.05, 3.63) is 47.5 Å². The maximum absolute atomic E-state index is 12.8. The summed E-state index contributed by atoms with van der Waals surface area (Å²) in [6, 6.07) is 6.07. The van der Waals surface area contributed by atoms with Crippen molar-refractivity contribution < 1.29 is 57.2 Å². The van der Waals surface area contributed by atoms with Gasteiger partial charge in [0.25, 0.3) is 6.47 Å². The maximum Gasteiger partial charge on any atom is 0.407 e. The van der Waals surface area contributed by atoms with Gasteiger partial charge in [0.05, 0.1) is 11.1 Å². The predicted octanol–water partition coefficient (Wildman–Crippen LogP) is 5.03. The molecule has 2 aliphatic carbocycles. The van der Waals surface area contributed by atoms with Crippen LogP contribution >= 0.6 is 0 Å². The van der Waals surface area contributed by atoms with Crippen LogP contribution in [0.3, 0.4) is 0 Å². The van der Waals surface area contributed by atoms with Crippen LogP contribution in [0, 0.1) is 11.8 Å². The van der Waals surface area contributed by atoms with Crippen molar-refractivity contribution in [2.75, 3.05) is 26.4 Å². The van der Waals surface area contributed by atoms with Crippen LogP contribution in [-0.4, -0.2) is 87.3 Å². The van der Waals surface area contributed by atoms with Crippen molar-refractivity contribution in [2.45, 2.75) is 103 Å². The molecule has 0 spiro atoms. The molecule has 2 amide bonds. The Morgan fingerprint density at radius 3 is 1.68 bits per heavy atom. The van der Waals surface area contributed by atoms with Crippen LogP contribution in [0.25, 0.3) is 0 Å². The molecule has 0 heterocycles. The molecule has 0 radical (unpaired) electrons. The van der Waals surface area contributed by atoms with Gasteiger partial charge in [0.2, 0.25) is 0 Å². The first kappa shape index (κ1) is 39.8. The predicted molar refractivity (Wildman–Crippen MR) is 179 cm³/mol. The Hall–Kier alpha value is -4.62. The van der Waals surface area contributed by atoms with Gasteiger partial charge in [-0.05, 0) is 103 Å². The number of alkyl carbamates (subject to hydrolysis) is 2. The number of carbonyl (C=O) groups excluding carboxylic acids is 6. The van der Waals surface area contributed by atoms with E-state index in [1.165, 1.54) is 19.1 Å². The quantitative estimate of drug-likeness (QED) is 0.0728. The van der Waals surface area contributed by atoms with Crippen molar-refractivity contribution in [3.63, 3.8) is 0 Å². The van der Waals surface area contributed by atoms with Gasteiger partial charge < -0.3 is 39.1 Å². The van der Waals surface area contributed by atoms with Crippen molar-refractivity contribution in [1.29, 1.82) is 0 Å². The van der Waals surface area contributed by atoms with E-state index in [-0.39, 0.29) is 55.2 Å². The van der Waals surface area contributed by atoms with E-state index in [0.717, 1.165) is 57.8 Å². The molecule has 2 atom stereocenters. The summed E-state index contributed by atoms with van der Waals surface area (Å²) in [4.78, 5) is 71.7. The normalized spacial score (nSPS) is 21.3. The van der Waals surface area contributed by atoms with Crippen LogP contribution in [0.5, 0.6) is 0 Å². The van der Waals surface area contributed by atoms with E-state index in [9.17, 15) is 28.8 Å². The van der Waals surface area contributed by atoms with Crippen molar-refractivity contribution >= 4 is 36.6 Å². The molecule has 2 N–H and O–H groups in total. The number of esters is 3. The number of hydrogen-bond donors (Lipinski definition) is 2. The number of benzene rings is 1. The Kier molecular flexibility index (Phi) is 16.6. The first-order valence-corrected chi connectivity index (χ1v) is 17.2. The lowest BCUT2D eigenvalue weighted by Crippen LogP contribution is -2.41. The molecule has 2 fully saturated rings. The third-order valence-corrected chi connectivity index (χ3v) is 8.73. The van der Waals surface area contributed by atoms with E-state index in [1.807, 2.05) is 0 Å². The highest BCUT2D eigenvalue weighted by atomic mass is 16.6. The summed E-state index contributed by atoms with van der Waals surface area (Å²) in [5.74, 6) is -0.974. The Balaban J connectivity index is 1.30. The van der Waals surface area contributed by atoms with Crippen molar-refractivity contribution in [3.8, 4) is 0 Å². The lowest BCUT2D eigenvalue weighted by Gasteiger charge is -2.34. The van der Waals surface area contributed by atoms with Crippen LogP contribution in [0.15, 0.2) is 36.4 Å². The Labute approximate surface area is 292 Å². The van der Waals surface area contributed by atoms with Gasteiger partial charge in [0.15, 0.2) is 0 Å². The summed E-state index contributed by atoms with van der Waals surface area (Å²) in [5.41, 5.74) is 0.199. The molecule has 2 aliphatic rings. The lowest BCUT2D eigenvalue weighted by molar-refractivity contribution is -0.140. The number of hydrogen-bond acceptors (Lipinski definition) is 12. The van der Waals surface area contributed by atoms with E-state index < -0.39 is 42.3 Å². The first-order valence-electron chi connectivity index (χ1n) is 17.2. The monoisotopic (exact) mass is 702 g/mol. The van der Waals surface area contributed by atoms with Gasteiger partial charge in [-0.3, -0.25) is 4.79 Å². The molecule has 0 aromatic heterocycles. The Morgan fingerprint density at radius 1 is 0.740 bits per heavy atom. The maximum atomic E-state index is 12.8. The molecule has 0 bridgehead atoms. The SMILES string of the molecule is C=C(C)C(=O)OCCOC(=O)c1ccccc1C(=O)OCC(C)OC(=O)NC1CCC(CC2CCC(NC(=O)OC(C)COC=O)CC2)CC1. The van der Waals surface area contributed by atoms with Gasteiger partial charge in [-0.1, -0.05) is 18.7 Å². The van der Waals surface area contributed by atoms with Crippen molar-refractivity contribution in [1.82, 2.24) is 10.6 Å². The molecule has 50 heavy (non-hydrogen) atoms. The summed E-state index contributed by atoms with van der Waals surface area (Å²) in [6.45, 7) is 8.02.